The van der Waals surface area contributed by atoms with Gasteiger partial charge >= 0.3 is 0 Å². The second-order valence-corrected chi connectivity index (χ2v) is 4.64. The number of likely N-dealkylation sites (N-methyl/N-ethyl adjacent to an activating group) is 1. The molecule has 1 rings (SSSR count). The molecule has 1 aliphatic rings. The highest BCUT2D eigenvalue weighted by Crippen LogP contribution is 2.10. The molecule has 1 amide bonds. The average Bonchev–Trinajstić information content (AvgIpc) is 2.28. The molecule has 1 fully saturated rings. The van der Waals surface area contributed by atoms with Gasteiger partial charge in [0.1, 0.15) is 0 Å². The molecule has 0 aliphatic carbocycles. The first-order valence-corrected chi connectivity index (χ1v) is 5.93. The highest BCUT2D eigenvalue weighted by molar-refractivity contribution is 5.77. The molecule has 0 aromatic carbocycles. The Bertz CT molecular complexity index is 241. The van der Waals surface area contributed by atoms with E-state index in [2.05, 4.69) is 10.2 Å². The average molecular weight is 249 g/mol. The van der Waals surface area contributed by atoms with Gasteiger partial charge in [0.2, 0.25) is 5.91 Å². The van der Waals surface area contributed by atoms with Crippen LogP contribution in [0.25, 0.3) is 0 Å². The second kappa shape index (κ2) is 6.86. The summed E-state index contributed by atoms with van der Waals surface area (Å²) < 4.78 is 24.0. The first-order chi connectivity index (χ1) is 7.99. The number of alkyl halides is 2. The summed E-state index contributed by atoms with van der Waals surface area (Å²) in [6.07, 6.45) is -0.635. The van der Waals surface area contributed by atoms with Gasteiger partial charge in [-0.1, -0.05) is 0 Å². The van der Waals surface area contributed by atoms with Crippen LogP contribution in [0.3, 0.4) is 0 Å². The lowest BCUT2D eigenvalue weighted by Gasteiger charge is -2.32. The van der Waals surface area contributed by atoms with Gasteiger partial charge < -0.3 is 10.2 Å². The minimum atomic E-state index is -2.29. The highest BCUT2D eigenvalue weighted by atomic mass is 19.3. The minimum Gasteiger partial charge on any atom is -0.348 e. The molecule has 0 saturated carbocycles. The van der Waals surface area contributed by atoms with Crippen molar-refractivity contribution in [2.45, 2.75) is 25.3 Å². The van der Waals surface area contributed by atoms with Crippen molar-refractivity contribution in [2.24, 2.45) is 0 Å². The van der Waals surface area contributed by atoms with E-state index in [1.54, 1.807) is 19.0 Å². The number of hydrogen-bond donors (Lipinski definition) is 1. The fourth-order valence-electron chi connectivity index (χ4n) is 1.88. The number of hydrogen-bond acceptors (Lipinski definition) is 3. The predicted molar refractivity (Wildman–Crippen MR) is 62.2 cm³/mol. The van der Waals surface area contributed by atoms with Gasteiger partial charge in [-0.2, -0.15) is 0 Å². The first-order valence-electron chi connectivity index (χ1n) is 5.93. The van der Waals surface area contributed by atoms with Crippen LogP contribution in [0.2, 0.25) is 0 Å². The van der Waals surface area contributed by atoms with Crippen LogP contribution in [0.1, 0.15) is 12.8 Å². The Morgan fingerprint density at radius 2 is 2.00 bits per heavy atom. The second-order valence-electron chi connectivity index (χ2n) is 4.64. The van der Waals surface area contributed by atoms with Gasteiger partial charge in [-0.15, -0.1) is 0 Å². The maximum absolute atomic E-state index is 12.0. The molecule has 0 spiro atoms. The molecule has 100 valence electrons. The summed E-state index contributed by atoms with van der Waals surface area (Å²) in [5.41, 5.74) is 0. The number of likely N-dealkylation sites (tertiary alicyclic amines) is 1. The molecule has 6 heteroatoms. The van der Waals surface area contributed by atoms with Gasteiger partial charge in [0, 0.05) is 33.2 Å². The molecule has 0 bridgehead atoms. The van der Waals surface area contributed by atoms with Crippen LogP contribution in [-0.2, 0) is 4.79 Å². The molecule has 1 heterocycles. The topological polar surface area (TPSA) is 35.6 Å². The number of nitrogens with zero attached hydrogens (tertiary/aromatic N) is 2. The molecule has 0 aromatic heterocycles. The highest BCUT2D eigenvalue weighted by Gasteiger charge is 2.21. The first kappa shape index (κ1) is 14.3. The lowest BCUT2D eigenvalue weighted by atomic mass is 10.1. The molecule has 1 N–H and O–H groups in total. The van der Waals surface area contributed by atoms with Crippen molar-refractivity contribution < 1.29 is 13.6 Å². The van der Waals surface area contributed by atoms with Crippen LogP contribution in [-0.4, -0.2) is 68.4 Å². The Morgan fingerprint density at radius 1 is 1.41 bits per heavy atom. The summed E-state index contributed by atoms with van der Waals surface area (Å²) in [5, 5.41) is 2.85. The standard InChI is InChI=1S/C11H21F2N3O/c1-15(2)11(17)8-16-5-3-9(4-6-16)14-7-10(12)13/h9-10,14H,3-8H2,1-2H3. The van der Waals surface area contributed by atoms with E-state index in [-0.39, 0.29) is 18.5 Å². The molecule has 4 nitrogen and oxygen atoms in total. The largest absolute Gasteiger partial charge is 0.348 e. The van der Waals surface area contributed by atoms with E-state index in [0.717, 1.165) is 25.9 Å². The van der Waals surface area contributed by atoms with Crippen molar-refractivity contribution >= 4 is 5.91 Å². The molecule has 0 radical (unpaired) electrons. The summed E-state index contributed by atoms with van der Waals surface area (Å²) in [6, 6.07) is 0.162. The number of amides is 1. The molecule has 17 heavy (non-hydrogen) atoms. The number of rotatable bonds is 5. The fraction of sp³-hybridized carbons (Fsp3) is 0.909. The molecule has 1 saturated heterocycles. The number of carbonyl (C=O) groups excluding carboxylic acids is 1. The number of carbonyl (C=O) groups is 1. The molecule has 0 unspecified atom stereocenters. The van der Waals surface area contributed by atoms with Crippen LogP contribution in [0.4, 0.5) is 8.78 Å². The van der Waals surface area contributed by atoms with E-state index in [4.69, 9.17) is 0 Å². The summed E-state index contributed by atoms with van der Waals surface area (Å²) in [5.74, 6) is 0.0870. The van der Waals surface area contributed by atoms with E-state index >= 15 is 0 Å². The molecular weight excluding hydrogens is 228 g/mol. The van der Waals surface area contributed by atoms with Crippen LogP contribution in [0.5, 0.6) is 0 Å². The van der Waals surface area contributed by atoms with Crippen LogP contribution in [0, 0.1) is 0 Å². The molecule has 0 atom stereocenters. The smallest absolute Gasteiger partial charge is 0.250 e. The van der Waals surface area contributed by atoms with Gasteiger partial charge in [0.05, 0.1) is 13.1 Å². The van der Waals surface area contributed by atoms with Gasteiger partial charge in [0.15, 0.2) is 0 Å². The quantitative estimate of drug-likeness (QED) is 0.766. The Hall–Kier alpha value is -0.750. The van der Waals surface area contributed by atoms with E-state index in [9.17, 15) is 13.6 Å². The van der Waals surface area contributed by atoms with E-state index in [1.807, 2.05) is 0 Å². The van der Waals surface area contributed by atoms with Crippen molar-refractivity contribution in [3.05, 3.63) is 0 Å². The summed E-state index contributed by atoms with van der Waals surface area (Å²) in [6.45, 7) is 1.77. The zero-order chi connectivity index (χ0) is 12.8. The van der Waals surface area contributed by atoms with E-state index < -0.39 is 6.43 Å². The monoisotopic (exact) mass is 249 g/mol. The zero-order valence-corrected chi connectivity index (χ0v) is 10.5. The van der Waals surface area contributed by atoms with Gasteiger partial charge in [-0.3, -0.25) is 9.69 Å². The van der Waals surface area contributed by atoms with Crippen molar-refractivity contribution in [2.75, 3.05) is 40.3 Å². The van der Waals surface area contributed by atoms with Crippen LogP contribution in [0.15, 0.2) is 0 Å². The Morgan fingerprint density at radius 3 is 2.47 bits per heavy atom. The lowest BCUT2D eigenvalue weighted by molar-refractivity contribution is -0.130. The van der Waals surface area contributed by atoms with Crippen LogP contribution < -0.4 is 5.32 Å². The Labute approximate surface area is 101 Å². The minimum absolute atomic E-state index is 0.0870. The lowest BCUT2D eigenvalue weighted by Crippen LogP contribution is -2.46. The predicted octanol–water partition coefficient (Wildman–Crippen LogP) is 0.394. The van der Waals surface area contributed by atoms with Gasteiger partial charge in [-0.25, -0.2) is 8.78 Å². The van der Waals surface area contributed by atoms with Crippen LogP contribution >= 0.6 is 0 Å². The number of nitrogens with one attached hydrogen (secondary N) is 1. The molecule has 0 aromatic rings. The maximum atomic E-state index is 12.0. The maximum Gasteiger partial charge on any atom is 0.250 e. The third-order valence-electron chi connectivity index (χ3n) is 3.01. The molecule has 1 aliphatic heterocycles. The summed E-state index contributed by atoms with van der Waals surface area (Å²) in [7, 11) is 3.47. The zero-order valence-electron chi connectivity index (χ0n) is 10.5. The van der Waals surface area contributed by atoms with Crippen molar-refractivity contribution in [3.8, 4) is 0 Å². The van der Waals surface area contributed by atoms with Crippen molar-refractivity contribution in [1.82, 2.24) is 15.1 Å². The summed E-state index contributed by atoms with van der Waals surface area (Å²) >= 11 is 0. The number of halogens is 2. The Balaban J connectivity index is 2.19. The molecular formula is C11H21F2N3O. The number of piperidine rings is 1. The van der Waals surface area contributed by atoms with E-state index in [0.29, 0.717) is 6.54 Å². The third-order valence-corrected chi connectivity index (χ3v) is 3.01. The SMILES string of the molecule is CN(C)C(=O)CN1CCC(NCC(F)F)CC1. The Kier molecular flexibility index (Phi) is 5.77. The summed E-state index contributed by atoms with van der Waals surface area (Å²) in [4.78, 5) is 15.1. The van der Waals surface area contributed by atoms with E-state index in [1.165, 1.54) is 0 Å². The van der Waals surface area contributed by atoms with Gasteiger partial charge in [-0.05, 0) is 12.8 Å². The fourth-order valence-corrected chi connectivity index (χ4v) is 1.88. The normalized spacial score (nSPS) is 18.6. The third kappa shape index (κ3) is 5.41. The van der Waals surface area contributed by atoms with Crippen molar-refractivity contribution in [1.29, 1.82) is 0 Å². The van der Waals surface area contributed by atoms with Gasteiger partial charge in [0.25, 0.3) is 6.43 Å². The van der Waals surface area contributed by atoms with Crippen molar-refractivity contribution in [3.63, 3.8) is 0 Å².